The largest absolute Gasteiger partial charge is 0.497 e. The number of hydrogen-bond acceptors (Lipinski definition) is 5. The lowest BCUT2D eigenvalue weighted by Crippen LogP contribution is -2.26. The van der Waals surface area contributed by atoms with E-state index in [0.29, 0.717) is 6.61 Å². The van der Waals surface area contributed by atoms with Crippen molar-refractivity contribution in [3.05, 3.63) is 53.1 Å². The highest BCUT2D eigenvalue weighted by Gasteiger charge is 2.15. The number of aromatic nitrogens is 2. The molecule has 0 fully saturated rings. The highest BCUT2D eigenvalue weighted by Crippen LogP contribution is 2.22. The van der Waals surface area contributed by atoms with Gasteiger partial charge in [0, 0.05) is 44.7 Å². The van der Waals surface area contributed by atoms with Gasteiger partial charge in [0.25, 0.3) is 0 Å². The Balaban J connectivity index is 1.62. The zero-order valence-electron chi connectivity index (χ0n) is 13.8. The van der Waals surface area contributed by atoms with Gasteiger partial charge >= 0.3 is 0 Å². The summed E-state index contributed by atoms with van der Waals surface area (Å²) >= 11 is 0. The van der Waals surface area contributed by atoms with E-state index in [1.54, 1.807) is 14.2 Å². The van der Waals surface area contributed by atoms with Crippen molar-refractivity contribution in [3.8, 4) is 5.75 Å². The molecular formula is C18H23N3O2. The van der Waals surface area contributed by atoms with Crippen LogP contribution < -0.4 is 4.74 Å². The maximum Gasteiger partial charge on any atom is 0.153 e. The van der Waals surface area contributed by atoms with Gasteiger partial charge in [-0.3, -0.25) is 4.90 Å². The van der Waals surface area contributed by atoms with Crippen LogP contribution in [0.5, 0.6) is 5.75 Å². The predicted molar refractivity (Wildman–Crippen MR) is 88.4 cm³/mol. The Bertz CT molecular complexity index is 643. The van der Waals surface area contributed by atoms with Gasteiger partial charge in [-0.2, -0.15) is 0 Å². The van der Waals surface area contributed by atoms with E-state index in [0.717, 1.165) is 49.6 Å². The molecular weight excluding hydrogens is 290 g/mol. The fourth-order valence-electron chi connectivity index (χ4n) is 2.96. The van der Waals surface area contributed by atoms with Crippen LogP contribution in [0.3, 0.4) is 0 Å². The van der Waals surface area contributed by atoms with Crippen LogP contribution in [0.15, 0.2) is 30.6 Å². The molecule has 23 heavy (non-hydrogen) atoms. The molecule has 1 aliphatic rings. The molecule has 0 spiro atoms. The van der Waals surface area contributed by atoms with Gasteiger partial charge in [-0.1, -0.05) is 6.07 Å². The fraction of sp³-hybridized carbons (Fsp3) is 0.444. The Kier molecular flexibility index (Phi) is 5.20. The van der Waals surface area contributed by atoms with Crippen molar-refractivity contribution in [2.24, 2.45) is 0 Å². The first kappa shape index (κ1) is 15.9. The van der Waals surface area contributed by atoms with Gasteiger partial charge in [0.1, 0.15) is 12.4 Å². The summed E-state index contributed by atoms with van der Waals surface area (Å²) in [5.41, 5.74) is 3.98. The normalized spacial score (nSPS) is 15.0. The minimum absolute atomic E-state index is 0.459. The first-order valence-corrected chi connectivity index (χ1v) is 7.95. The van der Waals surface area contributed by atoms with Gasteiger partial charge < -0.3 is 9.47 Å². The summed E-state index contributed by atoms with van der Waals surface area (Å²) in [4.78, 5) is 11.1. The van der Waals surface area contributed by atoms with Crippen LogP contribution >= 0.6 is 0 Å². The maximum atomic E-state index is 5.33. The quantitative estimate of drug-likeness (QED) is 0.847. The van der Waals surface area contributed by atoms with Crippen molar-refractivity contribution in [1.82, 2.24) is 14.9 Å². The zero-order chi connectivity index (χ0) is 16.1. The highest BCUT2D eigenvalue weighted by molar-refractivity contribution is 5.36. The molecule has 2 heterocycles. The maximum absolute atomic E-state index is 5.33. The molecule has 0 unspecified atom stereocenters. The second kappa shape index (κ2) is 7.53. The Morgan fingerprint density at radius 1 is 1.04 bits per heavy atom. The van der Waals surface area contributed by atoms with Gasteiger partial charge in [-0.25, -0.2) is 9.97 Å². The van der Waals surface area contributed by atoms with E-state index in [1.165, 1.54) is 11.1 Å². The van der Waals surface area contributed by atoms with Gasteiger partial charge in [0.15, 0.2) is 5.82 Å². The molecule has 1 aliphatic heterocycles. The third-order valence-corrected chi connectivity index (χ3v) is 4.25. The van der Waals surface area contributed by atoms with Crippen molar-refractivity contribution >= 4 is 0 Å². The third-order valence-electron chi connectivity index (χ3n) is 4.25. The standard InChI is InChI=1S/C18H23N3O2/c1-22-13-18-19-10-14(11-20-18)12-21-7-5-15-3-4-17(23-2)9-16(15)6-8-21/h3-4,9-11H,5-8,12-13H2,1-2H3. The lowest BCUT2D eigenvalue weighted by molar-refractivity contribution is 0.177. The zero-order valence-corrected chi connectivity index (χ0v) is 13.8. The van der Waals surface area contributed by atoms with Crippen molar-refractivity contribution in [2.75, 3.05) is 27.3 Å². The number of rotatable bonds is 5. The van der Waals surface area contributed by atoms with Crippen LogP contribution in [0, 0.1) is 0 Å². The molecule has 5 heteroatoms. The molecule has 0 saturated carbocycles. The lowest BCUT2D eigenvalue weighted by atomic mass is 10.0. The summed E-state index contributed by atoms with van der Waals surface area (Å²) in [5.74, 6) is 1.67. The smallest absolute Gasteiger partial charge is 0.153 e. The predicted octanol–water partition coefficient (Wildman–Crippen LogP) is 2.23. The first-order chi connectivity index (χ1) is 11.3. The average molecular weight is 313 g/mol. The summed E-state index contributed by atoms with van der Waals surface area (Å²) in [6.45, 7) is 3.44. The third kappa shape index (κ3) is 4.06. The van der Waals surface area contributed by atoms with Crippen LogP contribution in [-0.4, -0.2) is 42.2 Å². The second-order valence-corrected chi connectivity index (χ2v) is 5.85. The summed E-state index contributed by atoms with van der Waals surface area (Å²) in [6.07, 6.45) is 5.93. The summed E-state index contributed by atoms with van der Waals surface area (Å²) in [6, 6.07) is 6.42. The van der Waals surface area contributed by atoms with Crippen LogP contribution in [0.25, 0.3) is 0 Å². The van der Waals surface area contributed by atoms with E-state index < -0.39 is 0 Å². The molecule has 122 valence electrons. The SMILES string of the molecule is COCc1ncc(CN2CCc3ccc(OC)cc3CC2)cn1. The number of benzene rings is 1. The van der Waals surface area contributed by atoms with E-state index in [1.807, 2.05) is 12.4 Å². The van der Waals surface area contributed by atoms with Crippen LogP contribution in [-0.2, 0) is 30.7 Å². The average Bonchev–Trinajstić information content (AvgIpc) is 2.79. The summed E-state index contributed by atoms with van der Waals surface area (Å²) < 4.78 is 10.4. The van der Waals surface area contributed by atoms with Crippen molar-refractivity contribution in [1.29, 1.82) is 0 Å². The molecule has 0 radical (unpaired) electrons. The molecule has 2 aromatic rings. The monoisotopic (exact) mass is 313 g/mol. The molecule has 0 saturated heterocycles. The molecule has 0 N–H and O–H groups in total. The first-order valence-electron chi connectivity index (χ1n) is 7.95. The molecule has 0 aliphatic carbocycles. The number of methoxy groups -OCH3 is 2. The Labute approximate surface area is 137 Å². The minimum Gasteiger partial charge on any atom is -0.497 e. The van der Waals surface area contributed by atoms with Crippen LogP contribution in [0.4, 0.5) is 0 Å². The molecule has 0 bridgehead atoms. The van der Waals surface area contributed by atoms with E-state index >= 15 is 0 Å². The number of fused-ring (bicyclic) bond motifs is 1. The van der Waals surface area contributed by atoms with Crippen molar-refractivity contribution in [2.45, 2.75) is 26.0 Å². The summed E-state index contributed by atoms with van der Waals surface area (Å²) in [5, 5.41) is 0. The van der Waals surface area contributed by atoms with E-state index in [9.17, 15) is 0 Å². The molecule has 5 nitrogen and oxygen atoms in total. The second-order valence-electron chi connectivity index (χ2n) is 5.85. The molecule has 3 rings (SSSR count). The highest BCUT2D eigenvalue weighted by atomic mass is 16.5. The van der Waals surface area contributed by atoms with Gasteiger partial charge in [0.2, 0.25) is 0 Å². The molecule has 0 atom stereocenters. The van der Waals surface area contributed by atoms with Crippen LogP contribution in [0.2, 0.25) is 0 Å². The van der Waals surface area contributed by atoms with Gasteiger partial charge in [-0.15, -0.1) is 0 Å². The van der Waals surface area contributed by atoms with Crippen LogP contribution in [0.1, 0.15) is 22.5 Å². The number of nitrogens with zero attached hydrogens (tertiary/aromatic N) is 3. The fourth-order valence-corrected chi connectivity index (χ4v) is 2.96. The molecule has 1 aromatic carbocycles. The molecule has 1 aromatic heterocycles. The van der Waals surface area contributed by atoms with Gasteiger partial charge in [0.05, 0.1) is 7.11 Å². The van der Waals surface area contributed by atoms with Crippen molar-refractivity contribution < 1.29 is 9.47 Å². The number of hydrogen-bond donors (Lipinski definition) is 0. The number of ether oxygens (including phenoxy) is 2. The lowest BCUT2D eigenvalue weighted by Gasteiger charge is -2.19. The van der Waals surface area contributed by atoms with E-state index in [2.05, 4.69) is 33.1 Å². The summed E-state index contributed by atoms with van der Waals surface area (Å²) in [7, 11) is 3.37. The Morgan fingerprint density at radius 3 is 2.48 bits per heavy atom. The van der Waals surface area contributed by atoms with Gasteiger partial charge in [-0.05, 0) is 36.1 Å². The Morgan fingerprint density at radius 2 is 1.78 bits per heavy atom. The van der Waals surface area contributed by atoms with E-state index in [-0.39, 0.29) is 0 Å². The molecule has 0 amide bonds. The van der Waals surface area contributed by atoms with E-state index in [4.69, 9.17) is 9.47 Å². The Hall–Kier alpha value is -1.98. The van der Waals surface area contributed by atoms with Crippen molar-refractivity contribution in [3.63, 3.8) is 0 Å². The topological polar surface area (TPSA) is 47.5 Å². The minimum atomic E-state index is 0.459.